The molecule has 1 N–H and O–H groups in total. The maximum absolute atomic E-state index is 13.0. The first-order valence-electron chi connectivity index (χ1n) is 10.4. The number of carbonyl (C=O) groups is 2. The van der Waals surface area contributed by atoms with Gasteiger partial charge < -0.3 is 24.6 Å². The van der Waals surface area contributed by atoms with Gasteiger partial charge in [-0.05, 0) is 36.8 Å². The number of nitrogens with zero attached hydrogens (tertiary/aromatic N) is 2. The summed E-state index contributed by atoms with van der Waals surface area (Å²) in [5, 5.41) is 3.68. The molecule has 2 unspecified atom stereocenters. The van der Waals surface area contributed by atoms with Crippen molar-refractivity contribution in [1.82, 2.24) is 10.2 Å². The minimum Gasteiger partial charge on any atom is -0.477 e. The Bertz CT molecular complexity index is 931. The van der Waals surface area contributed by atoms with E-state index in [1.54, 1.807) is 17.0 Å². The second-order valence-electron chi connectivity index (χ2n) is 7.73. The molecule has 0 radical (unpaired) electrons. The number of fused-ring (bicyclic) bond motifs is 1. The molecule has 2 aliphatic rings. The highest BCUT2D eigenvalue weighted by atomic mass is 35.5. The Kier molecular flexibility index (Phi) is 6.63. The van der Waals surface area contributed by atoms with Crippen LogP contribution in [0.3, 0.4) is 0 Å². The van der Waals surface area contributed by atoms with Gasteiger partial charge in [0.05, 0.1) is 38.0 Å². The summed E-state index contributed by atoms with van der Waals surface area (Å²) in [6.07, 6.45) is -0.658. The average molecular weight is 444 g/mol. The molecule has 0 saturated carbocycles. The fourth-order valence-corrected chi connectivity index (χ4v) is 3.99. The Morgan fingerprint density at radius 2 is 1.84 bits per heavy atom. The van der Waals surface area contributed by atoms with Crippen LogP contribution in [0.15, 0.2) is 48.5 Å². The van der Waals surface area contributed by atoms with E-state index in [0.29, 0.717) is 43.6 Å². The summed E-state index contributed by atoms with van der Waals surface area (Å²) in [6.45, 7) is 4.55. The van der Waals surface area contributed by atoms with Crippen LogP contribution in [-0.2, 0) is 14.3 Å². The topological polar surface area (TPSA) is 71.1 Å². The van der Waals surface area contributed by atoms with Crippen LogP contribution < -0.4 is 15.0 Å². The highest BCUT2D eigenvalue weighted by molar-refractivity contribution is 6.30. The summed E-state index contributed by atoms with van der Waals surface area (Å²) < 4.78 is 11.3. The molecule has 1 saturated heterocycles. The SMILES string of the molecule is CC(NC(=O)CN1CC(C(=O)N2CCOCC2)Oc2ccccc21)c1ccc(Cl)cc1. The van der Waals surface area contributed by atoms with Crippen LogP contribution in [0.2, 0.25) is 5.02 Å². The van der Waals surface area contributed by atoms with Gasteiger partial charge in [-0.1, -0.05) is 35.9 Å². The van der Waals surface area contributed by atoms with Crippen molar-refractivity contribution in [3.05, 3.63) is 59.1 Å². The molecule has 4 rings (SSSR count). The van der Waals surface area contributed by atoms with E-state index in [1.165, 1.54) is 0 Å². The van der Waals surface area contributed by atoms with Crippen LogP contribution in [0.5, 0.6) is 5.75 Å². The number of para-hydroxylation sites is 2. The Morgan fingerprint density at radius 1 is 1.13 bits per heavy atom. The van der Waals surface area contributed by atoms with Gasteiger partial charge in [0.1, 0.15) is 5.75 Å². The molecule has 0 aliphatic carbocycles. The molecule has 1 fully saturated rings. The summed E-state index contributed by atoms with van der Waals surface area (Å²) in [5.74, 6) is 0.411. The number of amides is 2. The molecule has 0 spiro atoms. The van der Waals surface area contributed by atoms with Crippen LogP contribution in [-0.4, -0.2) is 62.2 Å². The van der Waals surface area contributed by atoms with Crippen LogP contribution in [0.4, 0.5) is 5.69 Å². The number of hydrogen-bond donors (Lipinski definition) is 1. The predicted molar refractivity (Wildman–Crippen MR) is 118 cm³/mol. The van der Waals surface area contributed by atoms with E-state index in [4.69, 9.17) is 21.1 Å². The standard InChI is InChI=1S/C23H26ClN3O4/c1-16(17-6-8-18(24)9-7-17)25-22(28)15-27-14-21(23(29)26-10-12-30-13-11-26)31-20-5-3-2-4-19(20)27/h2-9,16,21H,10-15H2,1H3,(H,25,28). The Labute approximate surface area is 186 Å². The normalized spacial score (nSPS) is 19.2. The number of benzene rings is 2. The second-order valence-corrected chi connectivity index (χ2v) is 8.17. The van der Waals surface area contributed by atoms with E-state index in [2.05, 4.69) is 5.32 Å². The maximum Gasteiger partial charge on any atom is 0.265 e. The number of ether oxygens (including phenoxy) is 2. The number of nitrogens with one attached hydrogen (secondary N) is 1. The molecule has 7 nitrogen and oxygen atoms in total. The largest absolute Gasteiger partial charge is 0.477 e. The molecular weight excluding hydrogens is 418 g/mol. The number of carbonyl (C=O) groups excluding carboxylic acids is 2. The third-order valence-electron chi connectivity index (χ3n) is 5.54. The molecule has 164 valence electrons. The molecule has 2 aromatic rings. The summed E-state index contributed by atoms with van der Waals surface area (Å²) in [4.78, 5) is 29.5. The Balaban J connectivity index is 1.45. The molecule has 31 heavy (non-hydrogen) atoms. The molecule has 2 amide bonds. The first-order chi connectivity index (χ1) is 15.0. The first kappa shape index (κ1) is 21.5. The van der Waals surface area contributed by atoms with Crippen molar-refractivity contribution in [2.45, 2.75) is 19.1 Å². The molecule has 0 aromatic heterocycles. The van der Waals surface area contributed by atoms with Crippen molar-refractivity contribution in [2.24, 2.45) is 0 Å². The van der Waals surface area contributed by atoms with Crippen molar-refractivity contribution in [1.29, 1.82) is 0 Å². The fourth-order valence-electron chi connectivity index (χ4n) is 3.87. The number of morpholine rings is 1. The summed E-state index contributed by atoms with van der Waals surface area (Å²) >= 11 is 5.95. The van der Waals surface area contributed by atoms with Crippen molar-refractivity contribution >= 4 is 29.1 Å². The lowest BCUT2D eigenvalue weighted by molar-refractivity contribution is -0.142. The van der Waals surface area contributed by atoms with Gasteiger partial charge in [0.2, 0.25) is 5.91 Å². The van der Waals surface area contributed by atoms with E-state index >= 15 is 0 Å². The number of rotatable bonds is 5. The second kappa shape index (κ2) is 9.58. The zero-order valence-corrected chi connectivity index (χ0v) is 18.2. The van der Waals surface area contributed by atoms with Gasteiger partial charge in [-0.15, -0.1) is 0 Å². The van der Waals surface area contributed by atoms with E-state index < -0.39 is 6.10 Å². The maximum atomic E-state index is 13.0. The quantitative estimate of drug-likeness (QED) is 0.769. The number of hydrogen-bond acceptors (Lipinski definition) is 5. The summed E-state index contributed by atoms with van der Waals surface area (Å²) in [7, 11) is 0. The molecule has 2 aromatic carbocycles. The predicted octanol–water partition coefficient (Wildman–Crippen LogP) is 2.64. The number of halogens is 1. The minimum absolute atomic E-state index is 0.0715. The van der Waals surface area contributed by atoms with Crippen LogP contribution in [0.1, 0.15) is 18.5 Å². The lowest BCUT2D eigenvalue weighted by Crippen LogP contribution is -2.54. The third kappa shape index (κ3) is 5.11. The molecule has 2 heterocycles. The van der Waals surface area contributed by atoms with E-state index in [0.717, 1.165) is 11.3 Å². The van der Waals surface area contributed by atoms with Crippen molar-refractivity contribution in [2.75, 3.05) is 44.3 Å². The van der Waals surface area contributed by atoms with Crippen LogP contribution in [0, 0.1) is 0 Å². The van der Waals surface area contributed by atoms with Crippen molar-refractivity contribution in [3.63, 3.8) is 0 Å². The molecule has 2 atom stereocenters. The average Bonchev–Trinajstić information content (AvgIpc) is 2.79. The highest BCUT2D eigenvalue weighted by Gasteiger charge is 2.34. The molecular formula is C23H26ClN3O4. The van der Waals surface area contributed by atoms with E-state index in [9.17, 15) is 9.59 Å². The lowest BCUT2D eigenvalue weighted by atomic mass is 10.1. The molecule has 0 bridgehead atoms. The van der Waals surface area contributed by atoms with E-state index in [-0.39, 0.29) is 24.4 Å². The zero-order valence-electron chi connectivity index (χ0n) is 17.4. The minimum atomic E-state index is -0.658. The van der Waals surface area contributed by atoms with Gasteiger partial charge >= 0.3 is 0 Å². The first-order valence-corrected chi connectivity index (χ1v) is 10.8. The smallest absolute Gasteiger partial charge is 0.265 e. The van der Waals surface area contributed by atoms with Gasteiger partial charge in [-0.25, -0.2) is 0 Å². The van der Waals surface area contributed by atoms with Gasteiger partial charge in [-0.3, -0.25) is 9.59 Å². The van der Waals surface area contributed by atoms with Gasteiger partial charge in [0.25, 0.3) is 5.91 Å². The Hall–Kier alpha value is -2.77. The van der Waals surface area contributed by atoms with E-state index in [1.807, 2.05) is 48.2 Å². The van der Waals surface area contributed by atoms with Crippen LogP contribution in [0.25, 0.3) is 0 Å². The summed E-state index contributed by atoms with van der Waals surface area (Å²) in [6, 6.07) is 14.7. The van der Waals surface area contributed by atoms with Gasteiger partial charge in [-0.2, -0.15) is 0 Å². The monoisotopic (exact) mass is 443 g/mol. The van der Waals surface area contributed by atoms with Gasteiger partial charge in [0.15, 0.2) is 6.10 Å². The van der Waals surface area contributed by atoms with Crippen molar-refractivity contribution < 1.29 is 19.1 Å². The summed E-state index contributed by atoms with van der Waals surface area (Å²) in [5.41, 5.74) is 1.78. The third-order valence-corrected chi connectivity index (χ3v) is 5.79. The Morgan fingerprint density at radius 3 is 2.58 bits per heavy atom. The number of anilines is 1. The van der Waals surface area contributed by atoms with Gasteiger partial charge in [0, 0.05) is 18.1 Å². The molecule has 2 aliphatic heterocycles. The van der Waals surface area contributed by atoms with Crippen LogP contribution >= 0.6 is 11.6 Å². The fraction of sp³-hybridized carbons (Fsp3) is 0.391. The lowest BCUT2D eigenvalue weighted by Gasteiger charge is -2.38. The van der Waals surface area contributed by atoms with Crippen molar-refractivity contribution in [3.8, 4) is 5.75 Å². The zero-order chi connectivity index (χ0) is 21.8. The highest BCUT2D eigenvalue weighted by Crippen LogP contribution is 2.33. The molecule has 8 heteroatoms.